The van der Waals surface area contributed by atoms with Crippen LogP contribution in [-0.2, 0) is 14.6 Å². The van der Waals surface area contributed by atoms with E-state index in [0.29, 0.717) is 32.6 Å². The fourth-order valence-corrected chi connectivity index (χ4v) is 5.26. The van der Waals surface area contributed by atoms with Crippen LogP contribution in [0, 0.1) is 13.8 Å². The number of nitrogens with zero attached hydrogens (tertiary/aromatic N) is 3. The molecule has 1 amide bonds. The summed E-state index contributed by atoms with van der Waals surface area (Å²) in [7, 11) is -3.90. The normalized spacial score (nSPS) is 14.5. The van der Waals surface area contributed by atoms with Crippen LogP contribution < -0.4 is 4.90 Å². The van der Waals surface area contributed by atoms with Crippen molar-refractivity contribution in [2.24, 2.45) is 0 Å². The third kappa shape index (κ3) is 4.80. The van der Waals surface area contributed by atoms with Crippen molar-refractivity contribution in [3.8, 4) is 11.5 Å². The van der Waals surface area contributed by atoms with Gasteiger partial charge in [-0.2, -0.15) is 4.98 Å². The van der Waals surface area contributed by atoms with Crippen LogP contribution in [-0.4, -0.2) is 50.4 Å². The van der Waals surface area contributed by atoms with Gasteiger partial charge in [0, 0.05) is 38.2 Å². The van der Waals surface area contributed by atoms with Gasteiger partial charge in [0.25, 0.3) is 0 Å². The van der Waals surface area contributed by atoms with Crippen molar-refractivity contribution in [1.29, 1.82) is 0 Å². The molecule has 0 saturated carbocycles. The molecule has 2 aromatic carbocycles. The van der Waals surface area contributed by atoms with Gasteiger partial charge in [0.05, 0.1) is 4.90 Å². The molecule has 0 unspecified atom stereocenters. The summed E-state index contributed by atoms with van der Waals surface area (Å²) in [6, 6.07) is 14.3. The number of hydrogen-bond acceptors (Lipinski definition) is 6. The number of hydrogen-bond donors (Lipinski definition) is 0. The molecule has 0 atom stereocenters. The van der Waals surface area contributed by atoms with Crippen molar-refractivity contribution in [2.75, 3.05) is 31.1 Å². The van der Waals surface area contributed by atoms with E-state index >= 15 is 0 Å². The number of carbonyl (C=O) groups is 1. The van der Waals surface area contributed by atoms with Gasteiger partial charge < -0.3 is 14.2 Å². The maximum Gasteiger partial charge on any atom is 0.236 e. The van der Waals surface area contributed by atoms with Crippen molar-refractivity contribution in [3.63, 3.8) is 0 Å². The Labute approximate surface area is 195 Å². The quantitative estimate of drug-likeness (QED) is 0.539. The van der Waals surface area contributed by atoms with Crippen molar-refractivity contribution in [2.45, 2.75) is 43.5 Å². The van der Waals surface area contributed by atoms with Gasteiger partial charge in [-0.25, -0.2) is 8.42 Å². The van der Waals surface area contributed by atoms with E-state index < -0.39 is 9.84 Å². The number of oxazole rings is 1. The largest absolute Gasteiger partial charge is 0.419 e. The number of piperazine rings is 1. The lowest BCUT2D eigenvalue weighted by Crippen LogP contribution is -2.48. The van der Waals surface area contributed by atoms with Gasteiger partial charge in [0.1, 0.15) is 0 Å². The Morgan fingerprint density at radius 3 is 2.33 bits per heavy atom. The highest BCUT2D eigenvalue weighted by atomic mass is 32.2. The summed E-state index contributed by atoms with van der Waals surface area (Å²) < 4.78 is 33.2. The summed E-state index contributed by atoms with van der Waals surface area (Å²) in [6.45, 7) is 7.85. The number of benzene rings is 2. The van der Waals surface area contributed by atoms with Gasteiger partial charge in [-0.3, -0.25) is 4.79 Å². The Hall–Kier alpha value is -3.13. The Morgan fingerprint density at radius 2 is 1.70 bits per heavy atom. The number of aromatic nitrogens is 1. The standard InChI is InChI=1S/C25H29N3O4S/c1-4-6-22(29)27-13-15-28(16-14-27)25-24(33(30,31)21-11-9-18(2)10-12-21)26-23(32-25)20-8-5-7-19(3)17-20/h5,7-12,17H,4,6,13-16H2,1-3H3. The molecule has 8 heteroatoms. The van der Waals surface area contributed by atoms with Crippen LogP contribution in [0.25, 0.3) is 11.5 Å². The van der Waals surface area contributed by atoms with E-state index in [9.17, 15) is 13.2 Å². The molecule has 0 spiro atoms. The second kappa shape index (κ2) is 9.39. The first kappa shape index (κ1) is 23.0. The van der Waals surface area contributed by atoms with Gasteiger partial charge in [-0.05, 0) is 44.5 Å². The summed E-state index contributed by atoms with van der Waals surface area (Å²) in [6.07, 6.45) is 1.33. The first-order valence-electron chi connectivity index (χ1n) is 11.2. The molecule has 4 rings (SSSR count). The minimum absolute atomic E-state index is 0.0869. The zero-order chi connectivity index (χ0) is 23.6. The lowest BCUT2D eigenvalue weighted by atomic mass is 10.1. The van der Waals surface area contributed by atoms with Gasteiger partial charge in [-0.15, -0.1) is 0 Å². The van der Waals surface area contributed by atoms with Gasteiger partial charge >= 0.3 is 0 Å². The monoisotopic (exact) mass is 467 g/mol. The molecule has 0 bridgehead atoms. The molecule has 0 N–H and O–H groups in total. The summed E-state index contributed by atoms with van der Waals surface area (Å²) in [5, 5.41) is -0.0869. The van der Waals surface area contributed by atoms with E-state index in [2.05, 4.69) is 4.98 Å². The number of carbonyl (C=O) groups excluding carboxylic acids is 1. The Morgan fingerprint density at radius 1 is 1.00 bits per heavy atom. The number of amides is 1. The Kier molecular flexibility index (Phi) is 6.56. The van der Waals surface area contributed by atoms with E-state index in [1.54, 1.807) is 24.3 Å². The van der Waals surface area contributed by atoms with Crippen molar-refractivity contribution in [1.82, 2.24) is 9.88 Å². The molecule has 0 aliphatic carbocycles. The summed E-state index contributed by atoms with van der Waals surface area (Å²) >= 11 is 0. The molecule has 1 saturated heterocycles. The van der Waals surface area contributed by atoms with E-state index in [-0.39, 0.29) is 27.6 Å². The minimum Gasteiger partial charge on any atom is -0.419 e. The van der Waals surface area contributed by atoms with Crippen LogP contribution in [0.15, 0.2) is 62.9 Å². The van der Waals surface area contributed by atoms with Gasteiger partial charge in [-0.1, -0.05) is 42.3 Å². The average Bonchev–Trinajstić information content (AvgIpc) is 3.26. The lowest BCUT2D eigenvalue weighted by Gasteiger charge is -2.34. The van der Waals surface area contributed by atoms with E-state index in [4.69, 9.17) is 4.42 Å². The van der Waals surface area contributed by atoms with Crippen LogP contribution in [0.1, 0.15) is 30.9 Å². The van der Waals surface area contributed by atoms with E-state index in [1.807, 2.05) is 54.8 Å². The Balaban J connectivity index is 1.73. The smallest absolute Gasteiger partial charge is 0.236 e. The average molecular weight is 468 g/mol. The topological polar surface area (TPSA) is 83.7 Å². The van der Waals surface area contributed by atoms with E-state index in [1.165, 1.54) is 0 Å². The molecule has 0 radical (unpaired) electrons. The van der Waals surface area contributed by atoms with Crippen molar-refractivity contribution >= 4 is 21.6 Å². The van der Waals surface area contributed by atoms with Crippen LogP contribution in [0.5, 0.6) is 0 Å². The van der Waals surface area contributed by atoms with Crippen LogP contribution >= 0.6 is 0 Å². The van der Waals surface area contributed by atoms with Crippen molar-refractivity contribution in [3.05, 3.63) is 59.7 Å². The molecule has 3 aromatic rings. The highest BCUT2D eigenvalue weighted by Gasteiger charge is 2.33. The molecule has 1 aliphatic rings. The van der Waals surface area contributed by atoms with Crippen LogP contribution in [0.3, 0.4) is 0 Å². The highest BCUT2D eigenvalue weighted by molar-refractivity contribution is 7.91. The fraction of sp³-hybridized carbons (Fsp3) is 0.360. The first-order chi connectivity index (χ1) is 15.8. The molecule has 174 valence electrons. The molecule has 1 aliphatic heterocycles. The molecule has 7 nitrogen and oxygen atoms in total. The van der Waals surface area contributed by atoms with E-state index in [0.717, 1.165) is 23.1 Å². The summed E-state index contributed by atoms with van der Waals surface area (Å²) in [4.78, 5) is 20.6. The number of aryl methyl sites for hydroxylation is 2. The number of anilines is 1. The third-order valence-corrected chi connectivity index (χ3v) is 7.48. The fourth-order valence-electron chi connectivity index (χ4n) is 3.93. The highest BCUT2D eigenvalue weighted by Crippen LogP contribution is 2.35. The second-order valence-corrected chi connectivity index (χ2v) is 10.3. The SMILES string of the molecule is CCCC(=O)N1CCN(c2oc(-c3cccc(C)c3)nc2S(=O)(=O)c2ccc(C)cc2)CC1. The first-order valence-corrected chi connectivity index (χ1v) is 12.7. The Bertz CT molecular complexity index is 1240. The second-order valence-electron chi connectivity index (χ2n) is 8.43. The molecule has 1 fully saturated rings. The minimum atomic E-state index is -3.90. The summed E-state index contributed by atoms with van der Waals surface area (Å²) in [5.41, 5.74) is 2.72. The van der Waals surface area contributed by atoms with Gasteiger partial charge in [0.15, 0.2) is 0 Å². The maximum atomic E-state index is 13.6. The predicted molar refractivity (Wildman–Crippen MR) is 127 cm³/mol. The maximum absolute atomic E-state index is 13.6. The van der Waals surface area contributed by atoms with Crippen LogP contribution in [0.4, 0.5) is 5.88 Å². The number of sulfone groups is 1. The van der Waals surface area contributed by atoms with Gasteiger partial charge in [0.2, 0.25) is 32.5 Å². The molecule has 1 aromatic heterocycles. The number of rotatable bonds is 6. The third-order valence-electron chi connectivity index (χ3n) is 5.81. The van der Waals surface area contributed by atoms with Crippen molar-refractivity contribution < 1.29 is 17.6 Å². The molecular weight excluding hydrogens is 438 g/mol. The molecular formula is C25H29N3O4S. The zero-order valence-electron chi connectivity index (χ0n) is 19.2. The molecule has 2 heterocycles. The zero-order valence-corrected chi connectivity index (χ0v) is 20.1. The lowest BCUT2D eigenvalue weighted by molar-refractivity contribution is -0.131. The summed E-state index contributed by atoms with van der Waals surface area (Å²) in [5.74, 6) is 0.626. The van der Waals surface area contributed by atoms with Crippen LogP contribution in [0.2, 0.25) is 0 Å². The predicted octanol–water partition coefficient (Wildman–Crippen LogP) is 4.24. The molecule has 33 heavy (non-hydrogen) atoms.